The van der Waals surface area contributed by atoms with E-state index in [4.69, 9.17) is 5.73 Å². The van der Waals surface area contributed by atoms with E-state index in [1.807, 2.05) is 6.92 Å². The summed E-state index contributed by atoms with van der Waals surface area (Å²) in [6, 6.07) is 6.60. The Bertz CT molecular complexity index is 515. The summed E-state index contributed by atoms with van der Waals surface area (Å²) in [5.41, 5.74) is 5.95. The van der Waals surface area contributed by atoms with Gasteiger partial charge >= 0.3 is 0 Å². The number of allylic oxidation sites excluding steroid dienone is 1. The molecule has 1 aromatic rings. The summed E-state index contributed by atoms with van der Waals surface area (Å²) in [6.07, 6.45) is 1.93. The molecule has 1 rings (SSSR count). The molecule has 0 aromatic heterocycles. The van der Waals surface area contributed by atoms with Crippen molar-refractivity contribution < 1.29 is 13.2 Å². The van der Waals surface area contributed by atoms with Crippen molar-refractivity contribution in [3.8, 4) is 0 Å². The third-order valence-electron chi connectivity index (χ3n) is 2.18. The van der Waals surface area contributed by atoms with Crippen molar-refractivity contribution in [3.63, 3.8) is 0 Å². The van der Waals surface area contributed by atoms with Crippen LogP contribution in [0.2, 0.25) is 0 Å². The topological polar surface area (TPSA) is 77.2 Å². The van der Waals surface area contributed by atoms with Crippen molar-refractivity contribution in [2.24, 2.45) is 5.73 Å². The van der Waals surface area contributed by atoms with Crippen LogP contribution in [-0.4, -0.2) is 14.3 Å². The van der Waals surface area contributed by atoms with E-state index in [2.05, 4.69) is 0 Å². The molecule has 2 N–H and O–H groups in total. The van der Waals surface area contributed by atoms with Gasteiger partial charge in [-0.25, -0.2) is 8.42 Å². The fourth-order valence-corrected chi connectivity index (χ4v) is 2.29. The van der Waals surface area contributed by atoms with Crippen LogP contribution in [0.3, 0.4) is 0 Å². The number of benzene rings is 1. The second-order valence-electron chi connectivity index (χ2n) is 3.73. The summed E-state index contributed by atoms with van der Waals surface area (Å²) in [4.78, 5) is 10.7. The van der Waals surface area contributed by atoms with E-state index in [0.29, 0.717) is 6.42 Å². The molecule has 0 atom stereocenters. The highest BCUT2D eigenvalue weighted by Gasteiger charge is 2.08. The van der Waals surface area contributed by atoms with Crippen LogP contribution in [0.5, 0.6) is 0 Å². The fraction of sp³-hybridized carbons (Fsp3) is 0.250. The molecule has 92 valence electrons. The van der Waals surface area contributed by atoms with Crippen molar-refractivity contribution in [2.45, 2.75) is 24.7 Å². The van der Waals surface area contributed by atoms with Gasteiger partial charge in [0.2, 0.25) is 5.91 Å². The third kappa shape index (κ3) is 4.40. The molecule has 0 fully saturated rings. The predicted molar refractivity (Wildman–Crippen MR) is 65.9 cm³/mol. The summed E-state index contributed by atoms with van der Waals surface area (Å²) in [6.45, 7) is 1.89. The first kappa shape index (κ1) is 13.4. The number of carbonyl (C=O) groups is 1. The van der Waals surface area contributed by atoms with Crippen LogP contribution in [-0.2, 0) is 14.6 Å². The Labute approximate surface area is 101 Å². The lowest BCUT2D eigenvalue weighted by molar-refractivity contribution is -0.117. The molecule has 0 aliphatic rings. The zero-order valence-corrected chi connectivity index (χ0v) is 10.4. The largest absolute Gasteiger partial charge is 0.370 e. The first-order valence-electron chi connectivity index (χ1n) is 5.18. The molecule has 5 heteroatoms. The van der Waals surface area contributed by atoms with E-state index < -0.39 is 15.7 Å². The zero-order valence-electron chi connectivity index (χ0n) is 9.59. The molecular formula is C12H15NO3S. The number of sulfone groups is 1. The van der Waals surface area contributed by atoms with Gasteiger partial charge in [-0.05, 0) is 25.5 Å². The van der Waals surface area contributed by atoms with E-state index in [9.17, 15) is 13.2 Å². The number of rotatable bonds is 5. The standard InChI is InChI=1S/C12H15NO3S/c1-10-5-7-11(8-6-10)17(15,16)9-3-2-4-12(13)14/h3,5-9H,2,4H2,1H3,(H2,13,14)/b9-3+. The molecule has 1 aromatic carbocycles. The van der Waals surface area contributed by atoms with Crippen LogP contribution in [0.1, 0.15) is 18.4 Å². The molecule has 1 amide bonds. The van der Waals surface area contributed by atoms with Crippen LogP contribution in [0.25, 0.3) is 0 Å². The Morgan fingerprint density at radius 3 is 2.41 bits per heavy atom. The Morgan fingerprint density at radius 1 is 1.29 bits per heavy atom. The SMILES string of the molecule is Cc1ccc(S(=O)(=O)/C=C/CCC(N)=O)cc1. The lowest BCUT2D eigenvalue weighted by atomic mass is 10.2. The van der Waals surface area contributed by atoms with Gasteiger partial charge in [-0.2, -0.15) is 0 Å². The molecule has 0 saturated carbocycles. The lowest BCUT2D eigenvalue weighted by Gasteiger charge is -1.99. The number of amides is 1. The maximum Gasteiger partial charge on any atom is 0.217 e. The van der Waals surface area contributed by atoms with Gasteiger partial charge in [-0.1, -0.05) is 23.8 Å². The smallest absolute Gasteiger partial charge is 0.217 e. The van der Waals surface area contributed by atoms with Gasteiger partial charge in [0.1, 0.15) is 0 Å². The van der Waals surface area contributed by atoms with Crippen LogP contribution >= 0.6 is 0 Å². The summed E-state index contributed by atoms with van der Waals surface area (Å²) < 4.78 is 23.6. The van der Waals surface area contributed by atoms with E-state index in [-0.39, 0.29) is 11.3 Å². The molecule has 4 nitrogen and oxygen atoms in total. The summed E-state index contributed by atoms with van der Waals surface area (Å²) >= 11 is 0. The molecule has 0 saturated heterocycles. The molecule has 0 aliphatic carbocycles. The summed E-state index contributed by atoms with van der Waals surface area (Å²) in [7, 11) is -3.41. The fourth-order valence-electron chi connectivity index (χ4n) is 1.23. The van der Waals surface area contributed by atoms with Gasteiger partial charge in [0, 0.05) is 11.8 Å². The minimum atomic E-state index is -3.41. The number of hydrogen-bond acceptors (Lipinski definition) is 3. The molecular weight excluding hydrogens is 238 g/mol. The number of nitrogens with two attached hydrogens (primary N) is 1. The molecule has 17 heavy (non-hydrogen) atoms. The minimum Gasteiger partial charge on any atom is -0.370 e. The van der Waals surface area contributed by atoms with E-state index in [0.717, 1.165) is 11.0 Å². The van der Waals surface area contributed by atoms with Crippen LogP contribution in [0, 0.1) is 6.92 Å². The molecule has 0 aliphatic heterocycles. The van der Waals surface area contributed by atoms with Crippen molar-refractivity contribution in [3.05, 3.63) is 41.3 Å². The number of aryl methyl sites for hydroxylation is 1. The first-order valence-corrected chi connectivity index (χ1v) is 6.73. The highest BCUT2D eigenvalue weighted by atomic mass is 32.2. The lowest BCUT2D eigenvalue weighted by Crippen LogP contribution is -2.09. The van der Waals surface area contributed by atoms with Crippen molar-refractivity contribution in [1.82, 2.24) is 0 Å². The zero-order chi connectivity index (χ0) is 12.9. The minimum absolute atomic E-state index is 0.153. The molecule has 0 bridgehead atoms. The van der Waals surface area contributed by atoms with E-state index in [1.54, 1.807) is 24.3 Å². The normalized spacial score (nSPS) is 11.8. The highest BCUT2D eigenvalue weighted by Crippen LogP contribution is 2.13. The molecule has 0 unspecified atom stereocenters. The summed E-state index contributed by atoms with van der Waals surface area (Å²) in [5, 5.41) is 1.11. The average molecular weight is 253 g/mol. The number of hydrogen-bond donors (Lipinski definition) is 1. The number of carbonyl (C=O) groups excluding carboxylic acids is 1. The van der Waals surface area contributed by atoms with Crippen LogP contribution in [0.4, 0.5) is 0 Å². The highest BCUT2D eigenvalue weighted by molar-refractivity contribution is 7.94. The maximum absolute atomic E-state index is 11.8. The predicted octanol–water partition coefficient (Wildman–Crippen LogP) is 1.55. The van der Waals surface area contributed by atoms with Crippen LogP contribution < -0.4 is 5.73 Å². The second kappa shape index (κ2) is 5.63. The molecule has 0 heterocycles. The quantitative estimate of drug-likeness (QED) is 0.864. The van der Waals surface area contributed by atoms with E-state index >= 15 is 0 Å². The average Bonchev–Trinajstić information content (AvgIpc) is 2.25. The van der Waals surface area contributed by atoms with Gasteiger partial charge in [0.25, 0.3) is 0 Å². The Hall–Kier alpha value is -1.62. The third-order valence-corrected chi connectivity index (χ3v) is 3.66. The van der Waals surface area contributed by atoms with Gasteiger partial charge in [-0.3, -0.25) is 4.79 Å². The Morgan fingerprint density at radius 2 is 1.88 bits per heavy atom. The Balaban J connectivity index is 2.75. The molecule has 0 spiro atoms. The molecule has 0 radical (unpaired) electrons. The second-order valence-corrected chi connectivity index (χ2v) is 5.57. The van der Waals surface area contributed by atoms with Gasteiger partial charge in [0.05, 0.1) is 4.90 Å². The van der Waals surface area contributed by atoms with Crippen molar-refractivity contribution in [1.29, 1.82) is 0 Å². The maximum atomic E-state index is 11.8. The van der Waals surface area contributed by atoms with Gasteiger partial charge < -0.3 is 5.73 Å². The van der Waals surface area contributed by atoms with Crippen molar-refractivity contribution in [2.75, 3.05) is 0 Å². The first-order chi connectivity index (χ1) is 7.92. The Kier molecular flexibility index (Phi) is 4.45. The van der Waals surface area contributed by atoms with Gasteiger partial charge in [-0.15, -0.1) is 0 Å². The van der Waals surface area contributed by atoms with Crippen molar-refractivity contribution >= 4 is 15.7 Å². The van der Waals surface area contributed by atoms with E-state index in [1.165, 1.54) is 6.08 Å². The monoisotopic (exact) mass is 253 g/mol. The number of primary amides is 1. The summed E-state index contributed by atoms with van der Waals surface area (Å²) in [5.74, 6) is -0.442. The van der Waals surface area contributed by atoms with Gasteiger partial charge in [0.15, 0.2) is 9.84 Å². The van der Waals surface area contributed by atoms with Crippen LogP contribution in [0.15, 0.2) is 40.6 Å².